The molecule has 0 aliphatic rings. The van der Waals surface area contributed by atoms with Gasteiger partial charge in [0.25, 0.3) is 5.91 Å². The number of fused-ring (bicyclic) bond motifs is 1. The standard InChI is InChI=1S/C22H14N4O2S/c27-21(16-4-5-20-18(11-16)24-13-28-20)25-17-3-1-2-15(10-17)19-12-29-22(26-19)14-6-8-23-9-7-14/h1-13H,(H,25,27). The van der Waals surface area contributed by atoms with Crippen LogP contribution in [0.2, 0.25) is 0 Å². The van der Waals surface area contributed by atoms with Crippen LogP contribution in [0, 0.1) is 0 Å². The average Bonchev–Trinajstić information content (AvgIpc) is 3.44. The first-order valence-corrected chi connectivity index (χ1v) is 9.75. The third-order valence-electron chi connectivity index (χ3n) is 4.44. The molecule has 0 fully saturated rings. The summed E-state index contributed by atoms with van der Waals surface area (Å²) in [6, 6.07) is 16.7. The molecule has 140 valence electrons. The first-order valence-electron chi connectivity index (χ1n) is 8.87. The normalized spacial score (nSPS) is 10.9. The summed E-state index contributed by atoms with van der Waals surface area (Å²) in [5.74, 6) is -0.206. The minimum absolute atomic E-state index is 0.206. The molecular formula is C22H14N4O2S. The zero-order valence-electron chi connectivity index (χ0n) is 15.1. The van der Waals surface area contributed by atoms with E-state index in [1.165, 1.54) is 6.39 Å². The van der Waals surface area contributed by atoms with Gasteiger partial charge in [0.2, 0.25) is 0 Å². The number of anilines is 1. The first-order chi connectivity index (χ1) is 14.3. The highest BCUT2D eigenvalue weighted by molar-refractivity contribution is 7.13. The maximum absolute atomic E-state index is 12.6. The highest BCUT2D eigenvalue weighted by Gasteiger charge is 2.11. The quantitative estimate of drug-likeness (QED) is 0.446. The van der Waals surface area contributed by atoms with E-state index in [1.807, 2.05) is 41.8 Å². The lowest BCUT2D eigenvalue weighted by Crippen LogP contribution is -2.11. The van der Waals surface area contributed by atoms with Gasteiger partial charge in [-0.1, -0.05) is 12.1 Å². The molecule has 0 saturated carbocycles. The molecule has 6 nitrogen and oxygen atoms in total. The smallest absolute Gasteiger partial charge is 0.255 e. The van der Waals surface area contributed by atoms with Gasteiger partial charge in [0.05, 0.1) is 5.69 Å². The third kappa shape index (κ3) is 3.51. The summed E-state index contributed by atoms with van der Waals surface area (Å²) in [5, 5.41) is 5.87. The van der Waals surface area contributed by atoms with Gasteiger partial charge < -0.3 is 9.73 Å². The SMILES string of the molecule is O=C(Nc1cccc(-c2csc(-c3ccncc3)n2)c1)c1ccc2ocnc2c1. The molecule has 0 spiro atoms. The van der Waals surface area contributed by atoms with E-state index in [-0.39, 0.29) is 5.91 Å². The van der Waals surface area contributed by atoms with Crippen LogP contribution in [0.15, 0.2) is 83.2 Å². The van der Waals surface area contributed by atoms with Gasteiger partial charge in [-0.3, -0.25) is 9.78 Å². The Morgan fingerprint density at radius 1 is 1.00 bits per heavy atom. The fourth-order valence-electron chi connectivity index (χ4n) is 2.99. The lowest BCUT2D eigenvalue weighted by molar-refractivity contribution is 0.102. The molecule has 7 heteroatoms. The van der Waals surface area contributed by atoms with E-state index in [0.717, 1.165) is 21.8 Å². The van der Waals surface area contributed by atoms with Gasteiger partial charge in [-0.05, 0) is 42.5 Å². The van der Waals surface area contributed by atoms with Gasteiger partial charge in [-0.2, -0.15) is 0 Å². The number of hydrogen-bond acceptors (Lipinski definition) is 6. The number of amides is 1. The molecule has 0 aliphatic carbocycles. The number of nitrogens with one attached hydrogen (secondary N) is 1. The molecule has 5 rings (SSSR count). The molecule has 0 radical (unpaired) electrons. The van der Waals surface area contributed by atoms with Crippen molar-refractivity contribution >= 4 is 34.0 Å². The average molecular weight is 398 g/mol. The lowest BCUT2D eigenvalue weighted by atomic mass is 10.1. The number of hydrogen-bond donors (Lipinski definition) is 1. The van der Waals surface area contributed by atoms with Crippen LogP contribution in [-0.4, -0.2) is 20.9 Å². The Kier molecular flexibility index (Phi) is 4.34. The van der Waals surface area contributed by atoms with Crippen molar-refractivity contribution in [1.29, 1.82) is 0 Å². The van der Waals surface area contributed by atoms with E-state index in [9.17, 15) is 4.79 Å². The largest absolute Gasteiger partial charge is 0.443 e. The number of benzene rings is 2. The molecule has 0 unspecified atom stereocenters. The van der Waals surface area contributed by atoms with Crippen LogP contribution in [-0.2, 0) is 0 Å². The van der Waals surface area contributed by atoms with Gasteiger partial charge in [-0.25, -0.2) is 9.97 Å². The van der Waals surface area contributed by atoms with Gasteiger partial charge in [0.15, 0.2) is 12.0 Å². The van der Waals surface area contributed by atoms with E-state index < -0.39 is 0 Å². The topological polar surface area (TPSA) is 80.9 Å². The molecule has 1 N–H and O–H groups in total. The van der Waals surface area contributed by atoms with Gasteiger partial charge in [0.1, 0.15) is 10.5 Å². The Balaban J connectivity index is 1.38. The van der Waals surface area contributed by atoms with Crippen molar-refractivity contribution in [2.45, 2.75) is 0 Å². The molecular weight excluding hydrogens is 384 g/mol. The zero-order valence-corrected chi connectivity index (χ0v) is 15.9. The van der Waals surface area contributed by atoms with Crippen LogP contribution in [0.4, 0.5) is 5.69 Å². The summed E-state index contributed by atoms with van der Waals surface area (Å²) < 4.78 is 5.22. The van der Waals surface area contributed by atoms with Crippen LogP contribution in [0.5, 0.6) is 0 Å². The number of oxazole rings is 1. The minimum atomic E-state index is -0.206. The maximum atomic E-state index is 12.6. The monoisotopic (exact) mass is 398 g/mol. The number of pyridine rings is 1. The lowest BCUT2D eigenvalue weighted by Gasteiger charge is -2.07. The van der Waals surface area contributed by atoms with Crippen molar-refractivity contribution in [3.05, 3.63) is 84.3 Å². The summed E-state index contributed by atoms with van der Waals surface area (Å²) in [4.78, 5) is 25.5. The summed E-state index contributed by atoms with van der Waals surface area (Å²) in [5.41, 5.74) is 5.35. The molecule has 5 aromatic rings. The van der Waals surface area contributed by atoms with Crippen molar-refractivity contribution in [1.82, 2.24) is 15.0 Å². The van der Waals surface area contributed by atoms with Crippen molar-refractivity contribution in [3.63, 3.8) is 0 Å². The number of carbonyl (C=O) groups excluding carboxylic acids is 1. The highest BCUT2D eigenvalue weighted by Crippen LogP contribution is 2.29. The van der Waals surface area contributed by atoms with Gasteiger partial charge in [0, 0.05) is 40.2 Å². The predicted octanol–water partition coefficient (Wildman–Crippen LogP) is 5.27. The van der Waals surface area contributed by atoms with Crippen LogP contribution in [0.1, 0.15) is 10.4 Å². The van der Waals surface area contributed by atoms with Crippen molar-refractivity contribution in [2.75, 3.05) is 5.32 Å². The number of nitrogens with zero attached hydrogens (tertiary/aromatic N) is 3. The molecule has 3 heterocycles. The number of aromatic nitrogens is 3. The molecule has 3 aromatic heterocycles. The molecule has 0 saturated heterocycles. The van der Waals surface area contributed by atoms with Crippen molar-refractivity contribution < 1.29 is 9.21 Å². The summed E-state index contributed by atoms with van der Waals surface area (Å²) >= 11 is 1.57. The minimum Gasteiger partial charge on any atom is -0.443 e. The molecule has 0 aliphatic heterocycles. The van der Waals surface area contributed by atoms with E-state index in [2.05, 4.69) is 15.3 Å². The van der Waals surface area contributed by atoms with E-state index in [0.29, 0.717) is 22.4 Å². The van der Waals surface area contributed by atoms with Crippen LogP contribution in [0.3, 0.4) is 0 Å². The fraction of sp³-hybridized carbons (Fsp3) is 0. The summed E-state index contributed by atoms with van der Waals surface area (Å²) in [6.07, 6.45) is 4.87. The summed E-state index contributed by atoms with van der Waals surface area (Å²) in [6.45, 7) is 0. The van der Waals surface area contributed by atoms with E-state index in [4.69, 9.17) is 9.40 Å². The van der Waals surface area contributed by atoms with E-state index >= 15 is 0 Å². The second-order valence-corrected chi connectivity index (χ2v) is 7.20. The Bertz CT molecular complexity index is 1310. The Morgan fingerprint density at radius 2 is 1.90 bits per heavy atom. The van der Waals surface area contributed by atoms with Gasteiger partial charge >= 0.3 is 0 Å². The molecule has 2 aromatic carbocycles. The Labute approximate surface area is 169 Å². The first kappa shape index (κ1) is 17.3. The predicted molar refractivity (Wildman–Crippen MR) is 113 cm³/mol. The molecule has 0 bridgehead atoms. The number of carbonyl (C=O) groups is 1. The fourth-order valence-corrected chi connectivity index (χ4v) is 3.83. The van der Waals surface area contributed by atoms with Crippen molar-refractivity contribution in [2.24, 2.45) is 0 Å². The molecule has 1 amide bonds. The van der Waals surface area contributed by atoms with Crippen LogP contribution in [0.25, 0.3) is 32.9 Å². The Hall–Kier alpha value is -3.84. The highest BCUT2D eigenvalue weighted by atomic mass is 32.1. The van der Waals surface area contributed by atoms with Crippen LogP contribution < -0.4 is 5.32 Å². The Morgan fingerprint density at radius 3 is 2.79 bits per heavy atom. The number of rotatable bonds is 4. The second kappa shape index (κ2) is 7.29. The van der Waals surface area contributed by atoms with E-state index in [1.54, 1.807) is 41.9 Å². The van der Waals surface area contributed by atoms with Gasteiger partial charge in [-0.15, -0.1) is 11.3 Å². The maximum Gasteiger partial charge on any atom is 0.255 e. The molecule has 0 atom stereocenters. The number of thiazole rings is 1. The van der Waals surface area contributed by atoms with Crippen molar-refractivity contribution in [3.8, 4) is 21.8 Å². The second-order valence-electron chi connectivity index (χ2n) is 6.34. The van der Waals surface area contributed by atoms with Crippen LogP contribution >= 0.6 is 11.3 Å². The summed E-state index contributed by atoms with van der Waals surface area (Å²) in [7, 11) is 0. The molecule has 29 heavy (non-hydrogen) atoms. The zero-order chi connectivity index (χ0) is 19.6. The third-order valence-corrected chi connectivity index (χ3v) is 5.33.